The number of carbonyl (C=O) groups is 2. The molecule has 7 nitrogen and oxygen atoms in total. The number of rotatable bonds is 9. The molecule has 0 unspecified atom stereocenters. The Balaban J connectivity index is 2.00. The lowest BCUT2D eigenvalue weighted by atomic mass is 10.1. The van der Waals surface area contributed by atoms with Gasteiger partial charge in [0.05, 0.1) is 10.6 Å². The first kappa shape index (κ1) is 26.2. The average Bonchev–Trinajstić information content (AvgIpc) is 2.85. The van der Waals surface area contributed by atoms with E-state index in [0.717, 1.165) is 9.87 Å². The van der Waals surface area contributed by atoms with Crippen LogP contribution >= 0.6 is 11.6 Å². The lowest BCUT2D eigenvalue weighted by Gasteiger charge is -2.31. The van der Waals surface area contributed by atoms with Crippen molar-refractivity contribution in [2.45, 2.75) is 31.3 Å². The third kappa shape index (κ3) is 6.41. The van der Waals surface area contributed by atoms with Gasteiger partial charge in [-0.2, -0.15) is 0 Å². The minimum Gasteiger partial charge on any atom is -0.357 e. The zero-order valence-electron chi connectivity index (χ0n) is 19.8. The van der Waals surface area contributed by atoms with E-state index in [4.69, 9.17) is 11.6 Å². The largest absolute Gasteiger partial charge is 0.357 e. The van der Waals surface area contributed by atoms with Crippen LogP contribution in [0.25, 0.3) is 0 Å². The first-order valence-corrected chi connectivity index (χ1v) is 12.8. The van der Waals surface area contributed by atoms with Crippen molar-refractivity contribution in [3.63, 3.8) is 0 Å². The highest BCUT2D eigenvalue weighted by atomic mass is 35.5. The lowest BCUT2D eigenvalue weighted by Crippen LogP contribution is -2.50. The van der Waals surface area contributed by atoms with Crippen LogP contribution in [-0.4, -0.2) is 44.8 Å². The summed E-state index contributed by atoms with van der Waals surface area (Å²) in [4.78, 5) is 27.5. The summed E-state index contributed by atoms with van der Waals surface area (Å²) in [6.07, 6.45) is 0. The van der Waals surface area contributed by atoms with Crippen LogP contribution in [0.1, 0.15) is 18.1 Å². The first-order valence-electron chi connectivity index (χ1n) is 11.0. The van der Waals surface area contributed by atoms with E-state index in [1.54, 1.807) is 73.7 Å². The van der Waals surface area contributed by atoms with Crippen molar-refractivity contribution in [1.29, 1.82) is 0 Å². The van der Waals surface area contributed by atoms with E-state index in [9.17, 15) is 18.0 Å². The highest BCUT2D eigenvalue weighted by Crippen LogP contribution is 2.25. The Labute approximate surface area is 211 Å². The van der Waals surface area contributed by atoms with Gasteiger partial charge in [0.2, 0.25) is 11.8 Å². The first-order chi connectivity index (χ1) is 16.6. The molecule has 0 aromatic heterocycles. The Hall–Kier alpha value is -3.36. The number of nitrogens with one attached hydrogen (secondary N) is 1. The molecule has 184 valence electrons. The van der Waals surface area contributed by atoms with Crippen LogP contribution in [0.5, 0.6) is 0 Å². The minimum atomic E-state index is -4.07. The average molecular weight is 514 g/mol. The van der Waals surface area contributed by atoms with Crippen molar-refractivity contribution in [2.24, 2.45) is 0 Å². The van der Waals surface area contributed by atoms with E-state index in [-0.39, 0.29) is 17.3 Å². The summed E-state index contributed by atoms with van der Waals surface area (Å²) in [5.41, 5.74) is 1.98. The quantitative estimate of drug-likeness (QED) is 0.468. The Morgan fingerprint density at radius 3 is 2.23 bits per heavy atom. The van der Waals surface area contributed by atoms with Gasteiger partial charge in [-0.05, 0) is 55.8 Å². The molecule has 0 heterocycles. The van der Waals surface area contributed by atoms with Crippen molar-refractivity contribution in [3.05, 3.63) is 95.0 Å². The number of amides is 2. The van der Waals surface area contributed by atoms with Gasteiger partial charge in [0.1, 0.15) is 12.6 Å². The van der Waals surface area contributed by atoms with Crippen LogP contribution in [0.4, 0.5) is 5.69 Å². The highest BCUT2D eigenvalue weighted by Gasteiger charge is 2.32. The fourth-order valence-corrected chi connectivity index (χ4v) is 5.21. The summed E-state index contributed by atoms with van der Waals surface area (Å²) in [5.74, 6) is -0.895. The maximum Gasteiger partial charge on any atom is 0.264 e. The fraction of sp³-hybridized carbons (Fsp3) is 0.231. The molecule has 0 aliphatic carbocycles. The smallest absolute Gasteiger partial charge is 0.264 e. The molecule has 3 aromatic rings. The number of halogens is 1. The SMILES string of the molecule is CNC(=O)[C@H](C)N(Cc1cccc(Cl)c1)C(=O)CN(c1ccccc1)S(=O)(=O)c1ccc(C)cc1. The number of anilines is 1. The number of para-hydroxylation sites is 1. The summed E-state index contributed by atoms with van der Waals surface area (Å²) >= 11 is 6.11. The van der Waals surface area contributed by atoms with Crippen LogP contribution in [0, 0.1) is 6.92 Å². The molecule has 1 N–H and O–H groups in total. The summed E-state index contributed by atoms with van der Waals surface area (Å²) in [5, 5.41) is 3.05. The highest BCUT2D eigenvalue weighted by molar-refractivity contribution is 7.92. The van der Waals surface area contributed by atoms with Gasteiger partial charge in [0.25, 0.3) is 10.0 Å². The molecule has 0 aliphatic rings. The number of benzene rings is 3. The van der Waals surface area contributed by atoms with E-state index < -0.39 is 28.5 Å². The molecule has 2 amide bonds. The van der Waals surface area contributed by atoms with Crippen LogP contribution in [0.3, 0.4) is 0 Å². The number of likely N-dealkylation sites (N-methyl/N-ethyl adjacent to an activating group) is 1. The second-order valence-electron chi connectivity index (χ2n) is 8.10. The molecule has 35 heavy (non-hydrogen) atoms. The molecule has 0 saturated heterocycles. The Bertz CT molecular complexity index is 1280. The molecule has 0 radical (unpaired) electrons. The second-order valence-corrected chi connectivity index (χ2v) is 10.4. The van der Waals surface area contributed by atoms with Crippen molar-refractivity contribution in [1.82, 2.24) is 10.2 Å². The Morgan fingerprint density at radius 1 is 0.971 bits per heavy atom. The number of carbonyl (C=O) groups excluding carboxylic acids is 2. The van der Waals surface area contributed by atoms with Gasteiger partial charge in [-0.1, -0.05) is 59.6 Å². The van der Waals surface area contributed by atoms with E-state index in [0.29, 0.717) is 16.3 Å². The van der Waals surface area contributed by atoms with Gasteiger partial charge in [-0.25, -0.2) is 8.42 Å². The summed E-state index contributed by atoms with van der Waals surface area (Å²) in [6.45, 7) is 3.06. The Kier molecular flexibility index (Phi) is 8.53. The molecule has 3 rings (SSSR count). The molecule has 0 fully saturated rings. The molecule has 0 aliphatic heterocycles. The van der Waals surface area contributed by atoms with E-state index in [1.165, 1.54) is 24.1 Å². The van der Waals surface area contributed by atoms with Crippen molar-refractivity contribution in [3.8, 4) is 0 Å². The van der Waals surface area contributed by atoms with Crippen molar-refractivity contribution >= 4 is 39.1 Å². The maximum absolute atomic E-state index is 13.6. The molecule has 0 spiro atoms. The van der Waals surface area contributed by atoms with Crippen LogP contribution in [0.15, 0.2) is 83.8 Å². The van der Waals surface area contributed by atoms with Gasteiger partial charge < -0.3 is 10.2 Å². The monoisotopic (exact) mass is 513 g/mol. The molecule has 3 aromatic carbocycles. The van der Waals surface area contributed by atoms with Crippen molar-refractivity contribution < 1.29 is 18.0 Å². The van der Waals surface area contributed by atoms with Gasteiger partial charge >= 0.3 is 0 Å². The predicted octanol–water partition coefficient (Wildman–Crippen LogP) is 4.01. The van der Waals surface area contributed by atoms with E-state index in [1.807, 2.05) is 6.92 Å². The number of hydrogen-bond donors (Lipinski definition) is 1. The van der Waals surface area contributed by atoms with Crippen molar-refractivity contribution in [2.75, 3.05) is 17.9 Å². The van der Waals surface area contributed by atoms with Crippen LogP contribution in [-0.2, 0) is 26.2 Å². The zero-order chi connectivity index (χ0) is 25.6. The number of hydrogen-bond acceptors (Lipinski definition) is 4. The van der Waals surface area contributed by atoms with Gasteiger partial charge in [0, 0.05) is 18.6 Å². The molecule has 0 bridgehead atoms. The summed E-state index contributed by atoms with van der Waals surface area (Å²) in [7, 11) is -2.58. The standard InChI is InChI=1S/C26H28ClN3O4S/c1-19-12-14-24(15-13-19)35(33,34)30(23-10-5-4-6-11-23)18-25(31)29(20(2)26(32)28-3)17-21-8-7-9-22(27)16-21/h4-16,20H,17-18H2,1-3H3,(H,28,32)/t20-/m0/s1. The fourth-order valence-electron chi connectivity index (χ4n) is 3.58. The number of nitrogens with zero attached hydrogens (tertiary/aromatic N) is 2. The van der Waals surface area contributed by atoms with Crippen LogP contribution in [0.2, 0.25) is 5.02 Å². The predicted molar refractivity (Wildman–Crippen MR) is 138 cm³/mol. The third-order valence-corrected chi connectivity index (χ3v) is 7.61. The summed E-state index contributed by atoms with van der Waals surface area (Å²) < 4.78 is 28.3. The Morgan fingerprint density at radius 2 is 1.63 bits per heavy atom. The zero-order valence-corrected chi connectivity index (χ0v) is 21.4. The molecular formula is C26H28ClN3O4S. The lowest BCUT2D eigenvalue weighted by molar-refractivity contribution is -0.139. The topological polar surface area (TPSA) is 86.8 Å². The minimum absolute atomic E-state index is 0.0699. The number of aryl methyl sites for hydroxylation is 1. The molecule has 0 saturated carbocycles. The molecular weight excluding hydrogens is 486 g/mol. The molecule has 1 atom stereocenters. The van der Waals surface area contributed by atoms with E-state index in [2.05, 4.69) is 5.32 Å². The second kappa shape index (κ2) is 11.4. The maximum atomic E-state index is 13.6. The van der Waals surface area contributed by atoms with Crippen LogP contribution < -0.4 is 9.62 Å². The normalized spacial score (nSPS) is 12.0. The third-order valence-electron chi connectivity index (χ3n) is 5.59. The summed E-state index contributed by atoms with van der Waals surface area (Å²) in [6, 6.07) is 21.0. The number of sulfonamides is 1. The van der Waals surface area contributed by atoms with Gasteiger partial charge in [-0.3, -0.25) is 13.9 Å². The van der Waals surface area contributed by atoms with Gasteiger partial charge in [0.15, 0.2) is 0 Å². The molecule has 9 heteroatoms. The van der Waals surface area contributed by atoms with E-state index >= 15 is 0 Å². The van der Waals surface area contributed by atoms with Gasteiger partial charge in [-0.15, -0.1) is 0 Å².